The van der Waals surface area contributed by atoms with Gasteiger partial charge in [-0.25, -0.2) is 8.78 Å². The Morgan fingerprint density at radius 1 is 1.36 bits per heavy atom. The number of carbonyl (C=O) groups excluding carboxylic acids is 1. The molecule has 0 unspecified atom stereocenters. The first-order valence-electron chi connectivity index (χ1n) is 4.00. The van der Waals surface area contributed by atoms with E-state index in [0.717, 1.165) is 12.1 Å². The molecule has 0 atom stereocenters. The van der Waals surface area contributed by atoms with Gasteiger partial charge in [-0.1, -0.05) is 18.7 Å². The van der Waals surface area contributed by atoms with Gasteiger partial charge in [0.2, 0.25) is 0 Å². The summed E-state index contributed by atoms with van der Waals surface area (Å²) in [6.45, 7) is 0.355. The lowest BCUT2D eigenvalue weighted by molar-refractivity contribution is 0.261. The summed E-state index contributed by atoms with van der Waals surface area (Å²) >= 11 is 3.50. The minimum Gasteiger partial charge on any atom is -0.347 e. The van der Waals surface area contributed by atoms with Gasteiger partial charge in [0.25, 0.3) is 5.24 Å². The van der Waals surface area contributed by atoms with E-state index in [2.05, 4.69) is 17.9 Å². The quantitative estimate of drug-likeness (QED) is 0.746. The molecule has 1 aromatic rings. The molecular weight excluding hydrogens is 208 g/mol. The van der Waals surface area contributed by atoms with Crippen molar-refractivity contribution in [2.75, 3.05) is 6.54 Å². The van der Waals surface area contributed by atoms with Crippen LogP contribution in [0.5, 0.6) is 0 Å². The van der Waals surface area contributed by atoms with Crippen LogP contribution in [0.15, 0.2) is 18.2 Å². The van der Waals surface area contributed by atoms with Crippen molar-refractivity contribution in [2.45, 2.75) is 6.42 Å². The monoisotopic (exact) mass is 217 g/mol. The predicted molar refractivity (Wildman–Crippen MR) is 52.4 cm³/mol. The molecule has 0 saturated carbocycles. The molecule has 0 bridgehead atoms. The fourth-order valence-electron chi connectivity index (χ4n) is 1.01. The first kappa shape index (κ1) is 11.0. The Kier molecular flexibility index (Phi) is 3.88. The molecule has 1 amide bonds. The van der Waals surface area contributed by atoms with Crippen LogP contribution < -0.4 is 5.32 Å². The molecule has 0 aliphatic heterocycles. The Morgan fingerprint density at radius 2 is 2.07 bits per heavy atom. The largest absolute Gasteiger partial charge is 0.347 e. The minimum absolute atomic E-state index is 0.355. The van der Waals surface area contributed by atoms with Gasteiger partial charge in [-0.15, -0.1) is 0 Å². The highest BCUT2D eigenvalue weighted by Crippen LogP contribution is 2.08. The van der Waals surface area contributed by atoms with E-state index in [4.69, 9.17) is 0 Å². The molecule has 2 nitrogen and oxygen atoms in total. The van der Waals surface area contributed by atoms with Gasteiger partial charge >= 0.3 is 0 Å². The van der Waals surface area contributed by atoms with Crippen LogP contribution in [-0.2, 0) is 6.42 Å². The Balaban J connectivity index is 2.51. The van der Waals surface area contributed by atoms with Gasteiger partial charge in [0.15, 0.2) is 11.6 Å². The van der Waals surface area contributed by atoms with Crippen LogP contribution in [0, 0.1) is 11.6 Å². The number of nitrogens with one attached hydrogen (secondary N) is 1. The lowest BCUT2D eigenvalue weighted by atomic mass is 10.1. The zero-order valence-corrected chi connectivity index (χ0v) is 8.15. The number of amides is 1. The molecule has 0 spiro atoms. The molecule has 0 heterocycles. The summed E-state index contributed by atoms with van der Waals surface area (Å²) in [7, 11) is 0. The average Bonchev–Trinajstić information content (AvgIpc) is 2.10. The third kappa shape index (κ3) is 3.33. The van der Waals surface area contributed by atoms with Crippen LogP contribution in [-0.4, -0.2) is 11.8 Å². The van der Waals surface area contributed by atoms with E-state index in [0.29, 0.717) is 18.5 Å². The minimum atomic E-state index is -0.875. The molecule has 0 aliphatic carbocycles. The average molecular weight is 217 g/mol. The van der Waals surface area contributed by atoms with E-state index in [9.17, 15) is 13.6 Å². The molecule has 5 heteroatoms. The molecule has 1 N–H and O–H groups in total. The van der Waals surface area contributed by atoms with Crippen molar-refractivity contribution < 1.29 is 13.6 Å². The summed E-state index contributed by atoms with van der Waals surface area (Å²) in [6, 6.07) is 3.65. The van der Waals surface area contributed by atoms with E-state index in [1.807, 2.05) is 0 Å². The van der Waals surface area contributed by atoms with Crippen molar-refractivity contribution in [2.24, 2.45) is 0 Å². The molecular formula is C9H9F2NOS. The van der Waals surface area contributed by atoms with E-state index in [1.165, 1.54) is 6.07 Å². The molecule has 1 rings (SSSR count). The fraction of sp³-hybridized carbons (Fsp3) is 0.222. The summed E-state index contributed by atoms with van der Waals surface area (Å²) in [5, 5.41) is 2.00. The molecule has 0 saturated heterocycles. The summed E-state index contributed by atoms with van der Waals surface area (Å²) in [5.41, 5.74) is 0.631. The van der Waals surface area contributed by atoms with Gasteiger partial charge in [0, 0.05) is 6.54 Å². The molecule has 0 aromatic heterocycles. The van der Waals surface area contributed by atoms with Gasteiger partial charge < -0.3 is 5.32 Å². The van der Waals surface area contributed by atoms with E-state index >= 15 is 0 Å². The van der Waals surface area contributed by atoms with Crippen LogP contribution in [0.1, 0.15) is 5.56 Å². The van der Waals surface area contributed by atoms with Crippen molar-refractivity contribution in [3.63, 3.8) is 0 Å². The van der Waals surface area contributed by atoms with Crippen molar-refractivity contribution in [1.82, 2.24) is 5.32 Å². The zero-order chi connectivity index (χ0) is 10.6. The number of hydrogen-bond acceptors (Lipinski definition) is 1. The molecule has 14 heavy (non-hydrogen) atoms. The third-order valence-corrected chi connectivity index (χ3v) is 1.83. The standard InChI is InChI=1S/C9H9F2NOS/c10-7-2-1-6(5-8(7)11)3-4-12-9(13)14/h1-2,5H,3-4H2,(H2,12,13,14). The maximum absolute atomic E-state index is 12.7. The van der Waals surface area contributed by atoms with Crippen LogP contribution in [0.4, 0.5) is 13.6 Å². The molecule has 76 valence electrons. The van der Waals surface area contributed by atoms with Crippen molar-refractivity contribution in [1.29, 1.82) is 0 Å². The highest BCUT2D eigenvalue weighted by atomic mass is 32.1. The van der Waals surface area contributed by atoms with Gasteiger partial charge in [0.05, 0.1) is 0 Å². The topological polar surface area (TPSA) is 29.1 Å². The Bertz CT molecular complexity index is 344. The second kappa shape index (κ2) is 4.95. The Hall–Kier alpha value is -1.10. The van der Waals surface area contributed by atoms with E-state index in [1.54, 1.807) is 0 Å². The smallest absolute Gasteiger partial charge is 0.275 e. The van der Waals surface area contributed by atoms with Crippen molar-refractivity contribution in [3.8, 4) is 0 Å². The van der Waals surface area contributed by atoms with Gasteiger partial charge in [-0.3, -0.25) is 4.79 Å². The predicted octanol–water partition coefficient (Wildman–Crippen LogP) is 2.15. The van der Waals surface area contributed by atoms with Crippen LogP contribution in [0.3, 0.4) is 0 Å². The normalized spacial score (nSPS) is 9.93. The first-order chi connectivity index (χ1) is 6.59. The zero-order valence-electron chi connectivity index (χ0n) is 7.26. The molecule has 0 aliphatic rings. The number of rotatable bonds is 3. The fourth-order valence-corrected chi connectivity index (χ4v) is 1.12. The Labute approximate surface area is 85.7 Å². The molecule has 0 fully saturated rings. The van der Waals surface area contributed by atoms with E-state index in [-0.39, 0.29) is 0 Å². The third-order valence-electron chi connectivity index (χ3n) is 1.67. The van der Waals surface area contributed by atoms with Crippen molar-refractivity contribution >= 4 is 17.9 Å². The first-order valence-corrected chi connectivity index (χ1v) is 4.45. The van der Waals surface area contributed by atoms with Gasteiger partial charge in [-0.05, 0) is 24.1 Å². The van der Waals surface area contributed by atoms with Gasteiger partial charge in [-0.2, -0.15) is 0 Å². The summed E-state index contributed by atoms with van der Waals surface area (Å²) in [5.74, 6) is -1.74. The SMILES string of the molecule is O=C(S)NCCc1ccc(F)c(F)c1. The summed E-state index contributed by atoms with van der Waals surface area (Å²) in [6.07, 6.45) is 0.448. The maximum Gasteiger partial charge on any atom is 0.275 e. The number of benzene rings is 1. The number of hydrogen-bond donors (Lipinski definition) is 2. The highest BCUT2D eigenvalue weighted by molar-refractivity contribution is 7.96. The highest BCUT2D eigenvalue weighted by Gasteiger charge is 2.02. The van der Waals surface area contributed by atoms with Crippen LogP contribution in [0.25, 0.3) is 0 Å². The van der Waals surface area contributed by atoms with E-state index < -0.39 is 16.9 Å². The number of thiol groups is 1. The lowest BCUT2D eigenvalue weighted by Crippen LogP contribution is -2.19. The lowest BCUT2D eigenvalue weighted by Gasteiger charge is -2.02. The van der Waals surface area contributed by atoms with Crippen molar-refractivity contribution in [3.05, 3.63) is 35.4 Å². The summed E-state index contributed by atoms with van der Waals surface area (Å²) < 4.78 is 25.2. The van der Waals surface area contributed by atoms with Gasteiger partial charge in [0.1, 0.15) is 0 Å². The second-order valence-corrected chi connectivity index (χ2v) is 3.14. The number of halogens is 2. The second-order valence-electron chi connectivity index (χ2n) is 2.73. The molecule has 0 radical (unpaired) electrons. The Morgan fingerprint density at radius 3 is 2.64 bits per heavy atom. The molecule has 1 aromatic carbocycles. The van der Waals surface area contributed by atoms with Crippen LogP contribution >= 0.6 is 12.6 Å². The summed E-state index contributed by atoms with van der Waals surface area (Å²) in [4.78, 5) is 10.4. The number of carbonyl (C=O) groups is 1. The maximum atomic E-state index is 12.7. The van der Waals surface area contributed by atoms with Crippen LogP contribution in [0.2, 0.25) is 0 Å².